The molecule has 5 nitrogen and oxygen atoms in total. The van der Waals surface area contributed by atoms with E-state index in [0.717, 1.165) is 30.1 Å². The van der Waals surface area contributed by atoms with Crippen molar-refractivity contribution >= 4 is 35.2 Å². The van der Waals surface area contributed by atoms with Crippen LogP contribution in [0.5, 0.6) is 0 Å². The highest BCUT2D eigenvalue weighted by Crippen LogP contribution is 2.28. The van der Waals surface area contributed by atoms with Gasteiger partial charge in [0.05, 0.1) is 5.02 Å². The van der Waals surface area contributed by atoms with Crippen LogP contribution in [0.3, 0.4) is 0 Å². The molecule has 0 radical (unpaired) electrons. The molecule has 2 N–H and O–H groups in total. The topological polar surface area (TPSA) is 53.1 Å². The van der Waals surface area contributed by atoms with Gasteiger partial charge < -0.3 is 10.0 Å². The number of nitrogens with one attached hydrogen (secondary N) is 2. The molecule has 0 atom stereocenters. The molecule has 0 saturated carbocycles. The Kier molecular flexibility index (Phi) is 7.21. The Morgan fingerprint density at radius 2 is 1.90 bits per heavy atom. The predicted molar refractivity (Wildman–Crippen MR) is 121 cm³/mol. The molecule has 1 aliphatic heterocycles. The summed E-state index contributed by atoms with van der Waals surface area (Å²) < 4.78 is 30.6. The molecular formula is C22H22ClF2N5S. The molecular weight excluding hydrogens is 440 g/mol. The van der Waals surface area contributed by atoms with Crippen LogP contribution in [0.15, 0.2) is 53.6 Å². The van der Waals surface area contributed by atoms with Crippen LogP contribution in [0.2, 0.25) is 5.02 Å². The number of nitrogens with zero attached hydrogens (tertiary/aromatic N) is 3. The Labute approximate surface area is 189 Å². The van der Waals surface area contributed by atoms with E-state index in [1.807, 2.05) is 6.07 Å². The van der Waals surface area contributed by atoms with Crippen molar-refractivity contribution in [1.29, 1.82) is 0 Å². The second-order valence-electron chi connectivity index (χ2n) is 7.27. The highest BCUT2D eigenvalue weighted by molar-refractivity contribution is 8.00. The Balaban J connectivity index is 1.40. The molecule has 1 aromatic carbocycles. The molecule has 1 saturated heterocycles. The van der Waals surface area contributed by atoms with E-state index in [9.17, 15) is 8.78 Å². The highest BCUT2D eigenvalue weighted by atomic mass is 35.5. The smallest absolute Gasteiger partial charge is 0.214 e. The first-order valence-corrected chi connectivity index (χ1v) is 11.2. The van der Waals surface area contributed by atoms with E-state index in [4.69, 9.17) is 11.6 Å². The molecule has 3 aromatic rings. The molecule has 2 aromatic heterocycles. The van der Waals surface area contributed by atoms with Gasteiger partial charge in [0, 0.05) is 29.7 Å². The number of benzene rings is 1. The van der Waals surface area contributed by atoms with E-state index >= 15 is 0 Å². The molecule has 162 valence electrons. The van der Waals surface area contributed by atoms with Gasteiger partial charge in [0.2, 0.25) is 5.95 Å². The number of pyridine rings is 2. The zero-order chi connectivity index (χ0) is 21.6. The average Bonchev–Trinajstić information content (AvgIpc) is 3.26. The lowest BCUT2D eigenvalue weighted by atomic mass is 10.1. The van der Waals surface area contributed by atoms with Crippen molar-refractivity contribution in [2.45, 2.75) is 30.8 Å². The first-order valence-electron chi connectivity index (χ1n) is 10.0. The molecule has 1 fully saturated rings. The van der Waals surface area contributed by atoms with Crippen LogP contribution < -0.4 is 10.0 Å². The molecule has 0 bridgehead atoms. The van der Waals surface area contributed by atoms with Gasteiger partial charge in [-0.05, 0) is 67.7 Å². The van der Waals surface area contributed by atoms with Gasteiger partial charge in [-0.2, -0.15) is 4.39 Å². The summed E-state index contributed by atoms with van der Waals surface area (Å²) in [7, 11) is 0. The van der Waals surface area contributed by atoms with E-state index < -0.39 is 5.95 Å². The molecule has 4 rings (SSSR count). The van der Waals surface area contributed by atoms with Crippen molar-refractivity contribution in [3.05, 3.63) is 76.6 Å². The largest absolute Gasteiger partial charge is 0.365 e. The van der Waals surface area contributed by atoms with Gasteiger partial charge >= 0.3 is 0 Å². The number of hydrogen-bond acceptors (Lipinski definition) is 6. The Bertz CT molecular complexity index is 1050. The molecule has 0 spiro atoms. The third-order valence-electron chi connectivity index (χ3n) is 5.05. The summed E-state index contributed by atoms with van der Waals surface area (Å²) >= 11 is 7.60. The predicted octanol–water partition coefficient (Wildman–Crippen LogP) is 5.74. The Morgan fingerprint density at radius 1 is 1.10 bits per heavy atom. The molecule has 31 heavy (non-hydrogen) atoms. The monoisotopic (exact) mass is 461 g/mol. The third-order valence-corrected chi connectivity index (χ3v) is 6.10. The van der Waals surface area contributed by atoms with Gasteiger partial charge in [0.15, 0.2) is 0 Å². The molecule has 0 unspecified atom stereocenters. The van der Waals surface area contributed by atoms with E-state index in [0.29, 0.717) is 28.8 Å². The van der Waals surface area contributed by atoms with Crippen LogP contribution in [-0.2, 0) is 13.1 Å². The lowest BCUT2D eigenvalue weighted by Crippen LogP contribution is -2.20. The maximum Gasteiger partial charge on any atom is 0.214 e. The standard InChI is InChI=1S/C22H22ClF2N5S/c23-18-11-16(31-29-21-8-4-7-20(25)28-21)12-26-22(18)27-13-17-15(5-3-6-19(17)24)14-30-9-1-2-10-30/h3-8,11-12H,1-2,9-10,13-14H2,(H,26,27)(H,28,29). The number of likely N-dealkylation sites (tertiary alicyclic amines) is 1. The number of aromatic nitrogens is 2. The van der Waals surface area contributed by atoms with Crippen LogP contribution >= 0.6 is 23.5 Å². The van der Waals surface area contributed by atoms with E-state index in [2.05, 4.69) is 24.9 Å². The van der Waals surface area contributed by atoms with E-state index in [-0.39, 0.29) is 5.82 Å². The summed E-state index contributed by atoms with van der Waals surface area (Å²) in [4.78, 5) is 11.2. The summed E-state index contributed by atoms with van der Waals surface area (Å²) in [6, 6.07) is 11.5. The first-order chi connectivity index (χ1) is 15.1. The first kappa shape index (κ1) is 21.8. The fourth-order valence-electron chi connectivity index (χ4n) is 3.49. The van der Waals surface area contributed by atoms with Crippen molar-refractivity contribution in [2.24, 2.45) is 0 Å². The van der Waals surface area contributed by atoms with Crippen molar-refractivity contribution < 1.29 is 8.78 Å². The molecule has 1 aliphatic rings. The van der Waals surface area contributed by atoms with Gasteiger partial charge in [-0.3, -0.25) is 4.90 Å². The summed E-state index contributed by atoms with van der Waals surface area (Å²) in [6.07, 6.45) is 4.02. The van der Waals surface area contributed by atoms with Crippen LogP contribution in [0.4, 0.5) is 20.4 Å². The lowest BCUT2D eigenvalue weighted by molar-refractivity contribution is 0.329. The third kappa shape index (κ3) is 5.84. The van der Waals surface area contributed by atoms with Crippen LogP contribution in [0, 0.1) is 11.8 Å². The zero-order valence-corrected chi connectivity index (χ0v) is 18.3. The molecule has 0 amide bonds. The number of rotatable bonds is 8. The average molecular weight is 462 g/mol. The summed E-state index contributed by atoms with van der Waals surface area (Å²) in [5.74, 6) is 0.0801. The summed E-state index contributed by atoms with van der Waals surface area (Å²) in [5.41, 5.74) is 1.61. The van der Waals surface area contributed by atoms with Gasteiger partial charge in [0.25, 0.3) is 0 Å². The quantitative estimate of drug-likeness (QED) is 0.330. The Morgan fingerprint density at radius 3 is 2.68 bits per heavy atom. The van der Waals surface area contributed by atoms with Crippen molar-refractivity contribution in [3.63, 3.8) is 0 Å². The lowest BCUT2D eigenvalue weighted by Gasteiger charge is -2.18. The van der Waals surface area contributed by atoms with Crippen molar-refractivity contribution in [3.8, 4) is 0 Å². The summed E-state index contributed by atoms with van der Waals surface area (Å²) in [5, 5.41) is 3.56. The fourth-order valence-corrected chi connectivity index (χ4v) is 4.40. The zero-order valence-electron chi connectivity index (χ0n) is 16.7. The van der Waals surface area contributed by atoms with Gasteiger partial charge in [-0.1, -0.05) is 29.8 Å². The maximum absolute atomic E-state index is 14.5. The Hall–Kier alpha value is -2.42. The SMILES string of the molecule is Fc1cccc(NSc2cnc(NCc3c(F)cccc3CN3CCCC3)c(Cl)c2)n1. The number of halogens is 3. The van der Waals surface area contributed by atoms with Crippen LogP contribution in [0.1, 0.15) is 24.0 Å². The van der Waals surface area contributed by atoms with Crippen molar-refractivity contribution in [2.75, 3.05) is 23.1 Å². The minimum absolute atomic E-state index is 0.237. The van der Waals surface area contributed by atoms with Gasteiger partial charge in [-0.25, -0.2) is 14.4 Å². The molecule has 9 heteroatoms. The number of hydrogen-bond donors (Lipinski definition) is 2. The van der Waals surface area contributed by atoms with Crippen LogP contribution in [0.25, 0.3) is 0 Å². The second kappa shape index (κ2) is 10.3. The molecule has 0 aliphatic carbocycles. The fraction of sp³-hybridized carbons (Fsp3) is 0.273. The van der Waals surface area contributed by atoms with Crippen molar-refractivity contribution in [1.82, 2.24) is 14.9 Å². The highest BCUT2D eigenvalue weighted by Gasteiger charge is 2.16. The van der Waals surface area contributed by atoms with Gasteiger partial charge in [0.1, 0.15) is 17.5 Å². The van der Waals surface area contributed by atoms with E-state index in [1.165, 1.54) is 36.9 Å². The number of anilines is 2. The summed E-state index contributed by atoms with van der Waals surface area (Å²) in [6.45, 7) is 3.13. The van der Waals surface area contributed by atoms with Crippen LogP contribution in [-0.4, -0.2) is 28.0 Å². The minimum atomic E-state index is -0.557. The maximum atomic E-state index is 14.5. The second-order valence-corrected chi connectivity index (χ2v) is 8.55. The minimum Gasteiger partial charge on any atom is -0.365 e. The normalized spacial score (nSPS) is 14.0. The molecule has 3 heterocycles. The van der Waals surface area contributed by atoms with E-state index in [1.54, 1.807) is 30.5 Å². The van der Waals surface area contributed by atoms with Gasteiger partial charge in [-0.15, -0.1) is 0 Å².